The van der Waals surface area contributed by atoms with Gasteiger partial charge in [0.2, 0.25) is 0 Å². The minimum Gasteiger partial charge on any atom is -0.478 e. The second-order valence-electron chi connectivity index (χ2n) is 3.02. The van der Waals surface area contributed by atoms with Gasteiger partial charge in [0.05, 0.1) is 10.5 Å². The van der Waals surface area contributed by atoms with Crippen molar-refractivity contribution in [3.8, 4) is 0 Å². The zero-order valence-corrected chi connectivity index (χ0v) is 7.43. The summed E-state index contributed by atoms with van der Waals surface area (Å²) < 4.78 is 0. The predicted molar refractivity (Wildman–Crippen MR) is 48.8 cm³/mol. The zero-order valence-electron chi connectivity index (χ0n) is 7.43. The lowest BCUT2D eigenvalue weighted by molar-refractivity contribution is -0.414. The van der Waals surface area contributed by atoms with Crippen LogP contribution in [-0.4, -0.2) is 27.8 Å². The van der Waals surface area contributed by atoms with Gasteiger partial charge in [-0.3, -0.25) is 15.1 Å². The Labute approximate surface area is 79.4 Å². The number of aliphatic carboxylic acids is 1. The van der Waals surface area contributed by atoms with E-state index in [4.69, 9.17) is 5.11 Å². The van der Waals surface area contributed by atoms with Gasteiger partial charge in [-0.15, -0.1) is 0 Å². The van der Waals surface area contributed by atoms with E-state index in [1.165, 1.54) is 13.0 Å². The van der Waals surface area contributed by atoms with E-state index in [1.807, 2.05) is 0 Å². The average Bonchev–Trinajstić information content (AvgIpc) is 2.48. The van der Waals surface area contributed by atoms with E-state index in [9.17, 15) is 14.9 Å². The quantitative estimate of drug-likeness (QED) is 0.407. The summed E-state index contributed by atoms with van der Waals surface area (Å²) in [5.74, 6) is -1.22. The van der Waals surface area contributed by atoms with E-state index in [0.717, 1.165) is 6.21 Å². The van der Waals surface area contributed by atoms with E-state index in [-0.39, 0.29) is 11.3 Å². The molecule has 74 valence electrons. The fourth-order valence-corrected chi connectivity index (χ4v) is 1.04. The van der Waals surface area contributed by atoms with Crippen LogP contribution in [0.5, 0.6) is 0 Å². The lowest BCUT2D eigenvalue weighted by atomic mass is 9.94. The summed E-state index contributed by atoms with van der Waals surface area (Å²) in [5, 5.41) is 19.0. The molecule has 0 aromatic rings. The first kappa shape index (κ1) is 10.1. The first-order valence-corrected chi connectivity index (χ1v) is 3.72. The number of carboxylic acids is 1. The maximum Gasteiger partial charge on any atom is 0.333 e. The van der Waals surface area contributed by atoms with Crippen molar-refractivity contribution in [2.24, 2.45) is 4.99 Å². The largest absolute Gasteiger partial charge is 0.478 e. The van der Waals surface area contributed by atoms with E-state index < -0.39 is 16.4 Å². The summed E-state index contributed by atoms with van der Waals surface area (Å²) in [7, 11) is 0. The van der Waals surface area contributed by atoms with E-state index in [0.29, 0.717) is 0 Å². The molecule has 1 N–H and O–H groups in total. The molecule has 0 spiro atoms. The van der Waals surface area contributed by atoms with Crippen molar-refractivity contribution < 1.29 is 14.8 Å². The smallest absolute Gasteiger partial charge is 0.333 e. The number of hydrogen-bond acceptors (Lipinski definition) is 4. The van der Waals surface area contributed by atoms with Crippen molar-refractivity contribution in [1.29, 1.82) is 0 Å². The number of nitro groups is 1. The van der Waals surface area contributed by atoms with Gasteiger partial charge in [0.1, 0.15) is 11.8 Å². The molecular weight excluding hydrogens is 188 g/mol. The predicted octanol–water partition coefficient (Wildman–Crippen LogP) is 0.631. The topological polar surface area (TPSA) is 92.8 Å². The standard InChI is InChI=1S/C8H8N2O4/c1-5(7(11)12)8(2)3-6(4-9-8)10(13)14/h3-4H,1H2,2H3,(H,11,12). The second kappa shape index (κ2) is 3.06. The van der Waals surface area contributed by atoms with Crippen LogP contribution in [-0.2, 0) is 4.79 Å². The summed E-state index contributed by atoms with van der Waals surface area (Å²) >= 11 is 0. The van der Waals surface area contributed by atoms with Crippen LogP contribution in [0.1, 0.15) is 6.92 Å². The SMILES string of the molecule is C=C(C(=O)O)C1(C)C=C([N+](=O)[O-])C=N1. The molecule has 1 unspecified atom stereocenters. The molecule has 0 fully saturated rings. The van der Waals surface area contributed by atoms with Gasteiger partial charge in [-0.2, -0.15) is 0 Å². The third kappa shape index (κ3) is 1.54. The van der Waals surface area contributed by atoms with Gasteiger partial charge in [-0.05, 0) is 6.92 Å². The molecule has 0 aromatic carbocycles. The molecule has 0 bridgehead atoms. The molecule has 14 heavy (non-hydrogen) atoms. The van der Waals surface area contributed by atoms with E-state index in [1.54, 1.807) is 0 Å². The molecule has 0 aliphatic carbocycles. The highest BCUT2D eigenvalue weighted by Crippen LogP contribution is 2.27. The number of hydrogen-bond donors (Lipinski definition) is 1. The second-order valence-corrected chi connectivity index (χ2v) is 3.02. The maximum absolute atomic E-state index is 10.6. The van der Waals surface area contributed by atoms with Crippen LogP contribution in [0.25, 0.3) is 0 Å². The van der Waals surface area contributed by atoms with Crippen molar-refractivity contribution in [2.45, 2.75) is 12.5 Å². The molecule has 1 heterocycles. The monoisotopic (exact) mass is 196 g/mol. The van der Waals surface area contributed by atoms with Crippen molar-refractivity contribution in [2.75, 3.05) is 0 Å². The van der Waals surface area contributed by atoms with Crippen molar-refractivity contribution in [3.63, 3.8) is 0 Å². The highest BCUT2D eigenvalue weighted by molar-refractivity contribution is 5.92. The molecule has 1 rings (SSSR count). The first-order chi connectivity index (χ1) is 6.37. The number of allylic oxidation sites excluding steroid dienone is 1. The Morgan fingerprint density at radius 2 is 2.36 bits per heavy atom. The molecule has 1 atom stereocenters. The Balaban J connectivity index is 3.03. The van der Waals surface area contributed by atoms with Gasteiger partial charge in [-0.25, -0.2) is 4.79 Å². The Bertz CT molecular complexity index is 383. The minimum absolute atomic E-state index is 0.189. The lowest BCUT2D eigenvalue weighted by Gasteiger charge is -2.16. The van der Waals surface area contributed by atoms with Gasteiger partial charge < -0.3 is 5.11 Å². The number of nitrogens with zero attached hydrogens (tertiary/aromatic N) is 2. The third-order valence-corrected chi connectivity index (χ3v) is 1.97. The van der Waals surface area contributed by atoms with Crippen molar-refractivity contribution in [1.82, 2.24) is 0 Å². The maximum atomic E-state index is 10.6. The van der Waals surface area contributed by atoms with Gasteiger partial charge in [0.25, 0.3) is 5.70 Å². The number of rotatable bonds is 3. The number of carbonyl (C=O) groups is 1. The summed E-state index contributed by atoms with van der Waals surface area (Å²) in [6, 6.07) is 0. The molecule has 1 aliphatic rings. The molecule has 0 radical (unpaired) electrons. The molecule has 0 saturated heterocycles. The Morgan fingerprint density at radius 1 is 1.79 bits per heavy atom. The molecule has 0 saturated carbocycles. The molecule has 0 amide bonds. The van der Waals surface area contributed by atoms with E-state index in [2.05, 4.69) is 11.6 Å². The molecule has 1 aliphatic heterocycles. The lowest BCUT2D eigenvalue weighted by Crippen LogP contribution is -2.25. The van der Waals surface area contributed by atoms with Gasteiger partial charge in [0.15, 0.2) is 0 Å². The van der Waals surface area contributed by atoms with Crippen LogP contribution in [0, 0.1) is 10.1 Å². The highest BCUT2D eigenvalue weighted by atomic mass is 16.6. The Morgan fingerprint density at radius 3 is 2.71 bits per heavy atom. The van der Waals surface area contributed by atoms with Gasteiger partial charge in [-0.1, -0.05) is 6.58 Å². The zero-order chi connectivity index (χ0) is 10.9. The van der Waals surface area contributed by atoms with Crippen LogP contribution in [0.2, 0.25) is 0 Å². The van der Waals surface area contributed by atoms with Crippen LogP contribution in [0.4, 0.5) is 0 Å². The van der Waals surface area contributed by atoms with Crippen LogP contribution >= 0.6 is 0 Å². The summed E-state index contributed by atoms with van der Waals surface area (Å²) in [6.45, 7) is 4.78. The number of carboxylic acid groups (broad SMARTS) is 1. The van der Waals surface area contributed by atoms with Crippen LogP contribution < -0.4 is 0 Å². The Hall–Kier alpha value is -1.98. The van der Waals surface area contributed by atoms with Gasteiger partial charge in [0, 0.05) is 6.08 Å². The van der Waals surface area contributed by atoms with Crippen molar-refractivity contribution in [3.05, 3.63) is 34.0 Å². The fraction of sp³-hybridized carbons (Fsp3) is 0.250. The molecule has 6 nitrogen and oxygen atoms in total. The number of aliphatic imine (C=N–C) groups is 1. The van der Waals surface area contributed by atoms with Crippen LogP contribution in [0.3, 0.4) is 0 Å². The van der Waals surface area contributed by atoms with E-state index >= 15 is 0 Å². The highest BCUT2D eigenvalue weighted by Gasteiger charge is 2.35. The summed E-state index contributed by atoms with van der Waals surface area (Å²) in [6.07, 6.45) is 2.21. The fourth-order valence-electron chi connectivity index (χ4n) is 1.04. The van der Waals surface area contributed by atoms with Gasteiger partial charge >= 0.3 is 5.97 Å². The average molecular weight is 196 g/mol. The normalized spacial score (nSPS) is 24.5. The summed E-state index contributed by atoms with van der Waals surface area (Å²) in [5.41, 5.74) is -1.60. The first-order valence-electron chi connectivity index (χ1n) is 3.72. The van der Waals surface area contributed by atoms with Crippen LogP contribution in [0.15, 0.2) is 28.9 Å². The molecular formula is C8H8N2O4. The molecule has 6 heteroatoms. The third-order valence-electron chi connectivity index (χ3n) is 1.97. The summed E-state index contributed by atoms with van der Waals surface area (Å²) in [4.78, 5) is 24.1. The molecule has 0 aromatic heterocycles. The Kier molecular flexibility index (Phi) is 2.21. The van der Waals surface area contributed by atoms with Crippen molar-refractivity contribution >= 4 is 12.2 Å². The minimum atomic E-state index is -1.22.